The zero-order valence-corrected chi connectivity index (χ0v) is 11.6. The highest BCUT2D eigenvalue weighted by Gasteiger charge is 2.11. The molecule has 0 saturated heterocycles. The lowest BCUT2D eigenvalue weighted by atomic mass is 10.3. The van der Waals surface area contributed by atoms with Crippen LogP contribution in [0.5, 0.6) is 5.75 Å². The van der Waals surface area contributed by atoms with E-state index in [0.717, 1.165) is 12.0 Å². The van der Waals surface area contributed by atoms with Crippen LogP contribution in [0.2, 0.25) is 0 Å². The van der Waals surface area contributed by atoms with E-state index >= 15 is 0 Å². The van der Waals surface area contributed by atoms with Crippen molar-refractivity contribution < 1.29 is 27.2 Å². The standard InChI is InChI=1S/C8H9BrO6S2/c9-5-6-17(11,12)13-7-1-3-8(4-2-7)16-15-14-10/h1-4,10H,5-6H2. The Morgan fingerprint density at radius 3 is 2.47 bits per heavy atom. The highest BCUT2D eigenvalue weighted by Crippen LogP contribution is 2.22. The predicted molar refractivity (Wildman–Crippen MR) is 65.3 cm³/mol. The summed E-state index contributed by atoms with van der Waals surface area (Å²) in [5.74, 6) is 0.102. The van der Waals surface area contributed by atoms with Crippen molar-refractivity contribution in [2.75, 3.05) is 11.1 Å². The Morgan fingerprint density at radius 2 is 1.94 bits per heavy atom. The Balaban J connectivity index is 2.62. The van der Waals surface area contributed by atoms with Crippen LogP contribution < -0.4 is 4.18 Å². The van der Waals surface area contributed by atoms with Gasteiger partial charge in [-0.15, -0.1) is 4.33 Å². The van der Waals surface area contributed by atoms with Gasteiger partial charge in [-0.3, -0.25) is 0 Å². The molecule has 0 aliphatic heterocycles. The first-order chi connectivity index (χ1) is 8.07. The monoisotopic (exact) mass is 344 g/mol. The van der Waals surface area contributed by atoms with Crippen LogP contribution in [0.3, 0.4) is 0 Å². The molecule has 0 aliphatic rings. The first-order valence-corrected chi connectivity index (χ1v) is 7.74. The van der Waals surface area contributed by atoms with Crippen molar-refractivity contribution in [2.24, 2.45) is 0 Å². The molecule has 0 saturated carbocycles. The molecule has 0 spiro atoms. The molecule has 0 radical (unpaired) electrons. The molecule has 0 fully saturated rings. The minimum absolute atomic E-state index is 0.106. The van der Waals surface area contributed by atoms with E-state index in [4.69, 9.17) is 9.44 Å². The normalized spacial score (nSPS) is 11.4. The fraction of sp³-hybridized carbons (Fsp3) is 0.250. The lowest BCUT2D eigenvalue weighted by Crippen LogP contribution is -2.14. The maximum atomic E-state index is 11.3. The van der Waals surface area contributed by atoms with Gasteiger partial charge in [0.05, 0.1) is 17.8 Å². The van der Waals surface area contributed by atoms with Crippen molar-refractivity contribution in [1.82, 2.24) is 0 Å². The van der Waals surface area contributed by atoms with Gasteiger partial charge in [0.2, 0.25) is 0 Å². The van der Waals surface area contributed by atoms with E-state index in [1.54, 1.807) is 12.1 Å². The fourth-order valence-electron chi connectivity index (χ4n) is 0.888. The zero-order chi connectivity index (χ0) is 12.7. The van der Waals surface area contributed by atoms with Gasteiger partial charge in [0, 0.05) is 10.2 Å². The molecule has 1 aromatic rings. The molecule has 0 unspecified atom stereocenters. The summed E-state index contributed by atoms with van der Waals surface area (Å²) in [6.07, 6.45) is 0. The molecular formula is C8H9BrO6S2. The largest absolute Gasteiger partial charge is 0.382 e. The van der Waals surface area contributed by atoms with Crippen LogP contribution in [0.15, 0.2) is 29.2 Å². The predicted octanol–water partition coefficient (Wildman–Crippen LogP) is 2.22. The second-order valence-corrected chi connectivity index (χ2v) is 5.99. The van der Waals surface area contributed by atoms with Gasteiger partial charge in [-0.05, 0) is 24.3 Å². The summed E-state index contributed by atoms with van der Waals surface area (Å²) >= 11 is 3.79. The number of hydrogen-bond donors (Lipinski definition) is 1. The maximum Gasteiger partial charge on any atom is 0.310 e. The molecule has 0 atom stereocenters. The van der Waals surface area contributed by atoms with Crippen molar-refractivity contribution in [3.63, 3.8) is 0 Å². The van der Waals surface area contributed by atoms with Crippen LogP contribution >= 0.6 is 28.0 Å². The van der Waals surface area contributed by atoms with Crippen LogP contribution in [0.1, 0.15) is 0 Å². The summed E-state index contributed by atoms with van der Waals surface area (Å²) < 4.78 is 31.7. The first-order valence-electron chi connectivity index (χ1n) is 4.30. The van der Waals surface area contributed by atoms with Crippen molar-refractivity contribution >= 4 is 38.1 Å². The Morgan fingerprint density at radius 1 is 1.29 bits per heavy atom. The van der Waals surface area contributed by atoms with E-state index in [0.29, 0.717) is 10.2 Å². The molecule has 0 aliphatic carbocycles. The van der Waals surface area contributed by atoms with Crippen LogP contribution in [-0.2, 0) is 19.5 Å². The highest BCUT2D eigenvalue weighted by molar-refractivity contribution is 9.09. The Kier molecular flexibility index (Phi) is 6.23. The summed E-state index contributed by atoms with van der Waals surface area (Å²) in [7, 11) is -3.56. The number of halogens is 1. The third-order valence-corrected chi connectivity index (χ3v) is 4.20. The molecular weight excluding hydrogens is 336 g/mol. The average Bonchev–Trinajstić information content (AvgIpc) is 2.27. The second-order valence-electron chi connectivity index (χ2n) is 2.73. The fourth-order valence-corrected chi connectivity index (χ4v) is 3.11. The Labute approximate surface area is 111 Å². The van der Waals surface area contributed by atoms with Gasteiger partial charge < -0.3 is 4.18 Å². The van der Waals surface area contributed by atoms with Gasteiger partial charge in [0.15, 0.2) is 0 Å². The quantitative estimate of drug-likeness (QED) is 0.267. The third-order valence-electron chi connectivity index (χ3n) is 1.53. The molecule has 1 aromatic carbocycles. The minimum Gasteiger partial charge on any atom is -0.382 e. The first kappa shape index (κ1) is 14.7. The summed E-state index contributed by atoms with van der Waals surface area (Å²) in [5, 5.41) is 11.7. The van der Waals surface area contributed by atoms with Gasteiger partial charge in [-0.25, -0.2) is 5.26 Å². The van der Waals surface area contributed by atoms with E-state index in [2.05, 4.69) is 25.3 Å². The third kappa shape index (κ3) is 5.70. The molecule has 1 rings (SSSR count). The summed E-state index contributed by atoms with van der Waals surface area (Å²) in [5.41, 5.74) is 0. The topological polar surface area (TPSA) is 82.1 Å². The lowest BCUT2D eigenvalue weighted by molar-refractivity contribution is -0.432. The van der Waals surface area contributed by atoms with E-state index in [1.807, 2.05) is 0 Å². The van der Waals surface area contributed by atoms with Gasteiger partial charge in [0.1, 0.15) is 5.75 Å². The Bertz CT molecular complexity index is 432. The van der Waals surface area contributed by atoms with Crippen LogP contribution in [0.4, 0.5) is 0 Å². The van der Waals surface area contributed by atoms with E-state index in [-0.39, 0.29) is 11.5 Å². The van der Waals surface area contributed by atoms with Crippen molar-refractivity contribution in [3.05, 3.63) is 24.3 Å². The number of hydrogen-bond acceptors (Lipinski definition) is 7. The summed E-state index contributed by atoms with van der Waals surface area (Å²) in [4.78, 5) is 0.615. The summed E-state index contributed by atoms with van der Waals surface area (Å²) in [6.45, 7) is 0. The number of rotatable bonds is 7. The van der Waals surface area contributed by atoms with E-state index in [1.165, 1.54) is 12.1 Å². The smallest absolute Gasteiger partial charge is 0.310 e. The molecule has 9 heteroatoms. The van der Waals surface area contributed by atoms with Crippen molar-refractivity contribution in [3.8, 4) is 5.75 Å². The molecule has 1 N–H and O–H groups in total. The van der Waals surface area contributed by atoms with E-state index in [9.17, 15) is 8.42 Å². The number of alkyl halides is 1. The zero-order valence-electron chi connectivity index (χ0n) is 8.41. The maximum absolute atomic E-state index is 11.3. The average molecular weight is 345 g/mol. The molecule has 0 heterocycles. The molecule has 6 nitrogen and oxygen atoms in total. The van der Waals surface area contributed by atoms with E-state index < -0.39 is 10.1 Å². The molecule has 0 amide bonds. The highest BCUT2D eigenvalue weighted by atomic mass is 79.9. The summed E-state index contributed by atoms with van der Waals surface area (Å²) in [6, 6.07) is 6.05. The van der Waals surface area contributed by atoms with Crippen LogP contribution in [0.25, 0.3) is 0 Å². The molecule has 17 heavy (non-hydrogen) atoms. The van der Waals surface area contributed by atoms with Gasteiger partial charge in [-0.2, -0.15) is 8.42 Å². The molecule has 96 valence electrons. The SMILES string of the molecule is O=S(=O)(CCBr)Oc1ccc(SOOO)cc1. The molecule has 0 bridgehead atoms. The minimum atomic E-state index is -3.56. The second kappa shape index (κ2) is 7.19. The van der Waals surface area contributed by atoms with Gasteiger partial charge in [-0.1, -0.05) is 21.0 Å². The van der Waals surface area contributed by atoms with Crippen LogP contribution in [-0.4, -0.2) is 24.8 Å². The van der Waals surface area contributed by atoms with Crippen LogP contribution in [0, 0.1) is 0 Å². The van der Waals surface area contributed by atoms with Gasteiger partial charge >= 0.3 is 10.1 Å². The lowest BCUT2D eigenvalue weighted by Gasteiger charge is -2.05. The molecule has 0 aromatic heterocycles. The number of benzene rings is 1. The van der Waals surface area contributed by atoms with Crippen molar-refractivity contribution in [1.29, 1.82) is 0 Å². The van der Waals surface area contributed by atoms with Gasteiger partial charge in [0.25, 0.3) is 0 Å². The Hall–Kier alpha value is -0.320. The van der Waals surface area contributed by atoms with Crippen molar-refractivity contribution in [2.45, 2.75) is 4.90 Å².